The van der Waals surface area contributed by atoms with Gasteiger partial charge >= 0.3 is 6.03 Å². The van der Waals surface area contributed by atoms with Gasteiger partial charge in [-0.05, 0) is 49.9 Å². The molecule has 0 spiro atoms. The van der Waals surface area contributed by atoms with E-state index < -0.39 is 0 Å². The fraction of sp³-hybridized carbons (Fsp3) is 0.529. The summed E-state index contributed by atoms with van der Waals surface area (Å²) in [5.41, 5.74) is 3.09. The zero-order chi connectivity index (χ0) is 16.3. The number of hydrogen-bond donors (Lipinski definition) is 1. The molecule has 5 heteroatoms. The van der Waals surface area contributed by atoms with Gasteiger partial charge in [0, 0.05) is 32.9 Å². The minimum atomic E-state index is -0.140. The van der Waals surface area contributed by atoms with E-state index in [4.69, 9.17) is 0 Å². The number of hydrogen-bond acceptors (Lipinski definition) is 2. The zero-order valence-corrected chi connectivity index (χ0v) is 13.8. The molecule has 1 aliphatic rings. The van der Waals surface area contributed by atoms with Crippen molar-refractivity contribution in [1.29, 1.82) is 0 Å². The van der Waals surface area contributed by atoms with Gasteiger partial charge in [0.2, 0.25) is 5.91 Å². The van der Waals surface area contributed by atoms with Crippen LogP contribution in [0.3, 0.4) is 0 Å². The van der Waals surface area contributed by atoms with Crippen molar-refractivity contribution in [2.75, 3.05) is 32.5 Å². The van der Waals surface area contributed by atoms with E-state index in [0.717, 1.165) is 36.2 Å². The van der Waals surface area contributed by atoms with Gasteiger partial charge in [-0.1, -0.05) is 6.07 Å². The zero-order valence-electron chi connectivity index (χ0n) is 13.8. The van der Waals surface area contributed by atoms with Crippen LogP contribution in [0.4, 0.5) is 10.5 Å². The molecule has 1 fully saturated rings. The first kappa shape index (κ1) is 16.3. The minimum absolute atomic E-state index is 0.00116. The highest BCUT2D eigenvalue weighted by Gasteiger charge is 2.29. The lowest BCUT2D eigenvalue weighted by Gasteiger charge is -2.33. The number of nitrogens with zero attached hydrogens (tertiary/aromatic N) is 2. The topological polar surface area (TPSA) is 52.7 Å². The van der Waals surface area contributed by atoms with Crippen molar-refractivity contribution in [2.45, 2.75) is 26.7 Å². The number of carbonyl (C=O) groups excluding carboxylic acids is 2. The van der Waals surface area contributed by atoms with Crippen molar-refractivity contribution in [3.63, 3.8) is 0 Å². The molecule has 1 N–H and O–H groups in total. The second kappa shape index (κ2) is 6.81. The molecule has 0 saturated carbocycles. The third kappa shape index (κ3) is 4.00. The normalized spacial score (nSPS) is 18.0. The first-order valence-corrected chi connectivity index (χ1v) is 7.72. The van der Waals surface area contributed by atoms with Gasteiger partial charge in [0.15, 0.2) is 0 Å². The number of anilines is 1. The number of urea groups is 1. The fourth-order valence-corrected chi connectivity index (χ4v) is 2.94. The summed E-state index contributed by atoms with van der Waals surface area (Å²) in [6.07, 6.45) is 1.69. The van der Waals surface area contributed by atoms with Gasteiger partial charge in [-0.25, -0.2) is 4.79 Å². The number of nitrogens with one attached hydrogen (secondary N) is 1. The molecule has 1 aromatic carbocycles. The van der Waals surface area contributed by atoms with E-state index in [1.165, 1.54) is 0 Å². The molecule has 1 aliphatic heterocycles. The van der Waals surface area contributed by atoms with Crippen molar-refractivity contribution in [3.05, 3.63) is 29.3 Å². The van der Waals surface area contributed by atoms with Crippen LogP contribution in [0.5, 0.6) is 0 Å². The summed E-state index contributed by atoms with van der Waals surface area (Å²) in [5.74, 6) is -0.139. The summed E-state index contributed by atoms with van der Waals surface area (Å²) in [6.45, 7) is 5.25. The SMILES string of the molecule is Cc1cc(C)cc(NC(=O)[C@@H]2CCCN(C(=O)N(C)C)C2)c1. The Hall–Kier alpha value is -2.04. The van der Waals surface area contributed by atoms with Crippen molar-refractivity contribution in [3.8, 4) is 0 Å². The number of benzene rings is 1. The van der Waals surface area contributed by atoms with Gasteiger partial charge < -0.3 is 15.1 Å². The van der Waals surface area contributed by atoms with E-state index in [0.29, 0.717) is 6.54 Å². The molecule has 0 unspecified atom stereocenters. The van der Waals surface area contributed by atoms with E-state index in [1.54, 1.807) is 23.9 Å². The number of likely N-dealkylation sites (tertiary alicyclic amines) is 1. The van der Waals surface area contributed by atoms with Crippen LogP contribution in [0.25, 0.3) is 0 Å². The van der Waals surface area contributed by atoms with Crippen LogP contribution in [-0.2, 0) is 4.79 Å². The smallest absolute Gasteiger partial charge is 0.319 e. The Morgan fingerprint density at radius 2 is 1.82 bits per heavy atom. The lowest BCUT2D eigenvalue weighted by Crippen LogP contribution is -2.47. The van der Waals surface area contributed by atoms with E-state index in [-0.39, 0.29) is 17.9 Å². The van der Waals surface area contributed by atoms with Crippen LogP contribution in [0, 0.1) is 19.8 Å². The highest BCUT2D eigenvalue weighted by Crippen LogP contribution is 2.20. The van der Waals surface area contributed by atoms with Crippen LogP contribution in [0.15, 0.2) is 18.2 Å². The number of piperidine rings is 1. The second-order valence-electron chi connectivity index (χ2n) is 6.33. The molecule has 1 saturated heterocycles. The van der Waals surface area contributed by atoms with Gasteiger partial charge in [0.1, 0.15) is 0 Å². The Balaban J connectivity index is 2.01. The Kier molecular flexibility index (Phi) is 5.06. The Labute approximate surface area is 132 Å². The Bertz CT molecular complexity index is 549. The fourth-order valence-electron chi connectivity index (χ4n) is 2.94. The summed E-state index contributed by atoms with van der Waals surface area (Å²) in [7, 11) is 3.48. The van der Waals surface area contributed by atoms with Gasteiger partial charge in [-0.3, -0.25) is 4.79 Å². The van der Waals surface area contributed by atoms with Crippen molar-refractivity contribution < 1.29 is 9.59 Å². The third-order valence-corrected chi connectivity index (χ3v) is 3.93. The van der Waals surface area contributed by atoms with E-state index in [9.17, 15) is 9.59 Å². The van der Waals surface area contributed by atoms with Crippen molar-refractivity contribution in [1.82, 2.24) is 9.80 Å². The molecule has 1 aromatic rings. The molecular weight excluding hydrogens is 278 g/mol. The second-order valence-corrected chi connectivity index (χ2v) is 6.33. The highest BCUT2D eigenvalue weighted by atomic mass is 16.2. The minimum Gasteiger partial charge on any atom is -0.331 e. The van der Waals surface area contributed by atoms with E-state index in [1.807, 2.05) is 26.0 Å². The molecule has 3 amide bonds. The molecule has 0 radical (unpaired) electrons. The Morgan fingerprint density at radius 3 is 2.41 bits per heavy atom. The predicted octanol–water partition coefficient (Wildman–Crippen LogP) is 2.64. The molecular formula is C17H25N3O2. The molecule has 120 valence electrons. The summed E-state index contributed by atoms with van der Waals surface area (Å²) in [6, 6.07) is 5.99. The van der Waals surface area contributed by atoms with Gasteiger partial charge in [0.05, 0.1) is 5.92 Å². The molecule has 0 aromatic heterocycles. The first-order chi connectivity index (χ1) is 10.4. The quantitative estimate of drug-likeness (QED) is 0.913. The number of rotatable bonds is 2. The van der Waals surface area contributed by atoms with Crippen LogP contribution in [0.1, 0.15) is 24.0 Å². The van der Waals surface area contributed by atoms with Crippen molar-refractivity contribution >= 4 is 17.6 Å². The van der Waals surface area contributed by atoms with Gasteiger partial charge in [-0.2, -0.15) is 0 Å². The van der Waals surface area contributed by atoms with Gasteiger partial charge in [-0.15, -0.1) is 0 Å². The highest BCUT2D eigenvalue weighted by molar-refractivity contribution is 5.93. The van der Waals surface area contributed by atoms with E-state index in [2.05, 4.69) is 11.4 Å². The first-order valence-electron chi connectivity index (χ1n) is 7.72. The number of aryl methyl sites for hydroxylation is 2. The molecule has 5 nitrogen and oxygen atoms in total. The third-order valence-electron chi connectivity index (χ3n) is 3.93. The standard InChI is InChI=1S/C17H25N3O2/c1-12-8-13(2)10-15(9-12)18-16(21)14-6-5-7-20(11-14)17(22)19(3)4/h8-10,14H,5-7,11H2,1-4H3,(H,18,21)/t14-/m1/s1. The maximum absolute atomic E-state index is 12.5. The summed E-state index contributed by atoms with van der Waals surface area (Å²) in [4.78, 5) is 27.8. The van der Waals surface area contributed by atoms with Crippen LogP contribution < -0.4 is 5.32 Å². The van der Waals surface area contributed by atoms with Crippen LogP contribution in [0.2, 0.25) is 0 Å². The monoisotopic (exact) mass is 303 g/mol. The summed E-state index contributed by atoms with van der Waals surface area (Å²) < 4.78 is 0. The Morgan fingerprint density at radius 1 is 1.18 bits per heavy atom. The summed E-state index contributed by atoms with van der Waals surface area (Å²) >= 11 is 0. The van der Waals surface area contributed by atoms with Crippen LogP contribution >= 0.6 is 0 Å². The van der Waals surface area contributed by atoms with Gasteiger partial charge in [0.25, 0.3) is 0 Å². The van der Waals surface area contributed by atoms with Crippen molar-refractivity contribution in [2.24, 2.45) is 5.92 Å². The van der Waals surface area contributed by atoms with Crippen LogP contribution in [-0.4, -0.2) is 48.9 Å². The maximum Gasteiger partial charge on any atom is 0.319 e. The number of amides is 3. The molecule has 1 heterocycles. The lowest BCUT2D eigenvalue weighted by molar-refractivity contribution is -0.121. The molecule has 22 heavy (non-hydrogen) atoms. The van der Waals surface area contributed by atoms with E-state index >= 15 is 0 Å². The average molecular weight is 303 g/mol. The predicted molar refractivity (Wildman–Crippen MR) is 87.9 cm³/mol. The molecule has 1 atom stereocenters. The lowest BCUT2D eigenvalue weighted by atomic mass is 9.97. The molecule has 0 bridgehead atoms. The number of carbonyl (C=O) groups is 2. The average Bonchev–Trinajstić information content (AvgIpc) is 2.45. The summed E-state index contributed by atoms with van der Waals surface area (Å²) in [5, 5.41) is 2.99. The molecule has 2 rings (SSSR count). The largest absolute Gasteiger partial charge is 0.331 e. The molecule has 0 aliphatic carbocycles. The maximum atomic E-state index is 12.5.